The SMILES string of the molecule is CC(C)[C@@H](C(=O)NS(=O)(=O)c1ccccc1)N1CCCCC1. The molecule has 0 bridgehead atoms. The van der Waals surface area contributed by atoms with Gasteiger partial charge in [-0.25, -0.2) is 13.1 Å². The van der Waals surface area contributed by atoms with E-state index in [2.05, 4.69) is 9.62 Å². The normalized spacial score (nSPS) is 18.1. The summed E-state index contributed by atoms with van der Waals surface area (Å²) in [5, 5.41) is 0. The molecular formula is C16H24N2O3S. The summed E-state index contributed by atoms with van der Waals surface area (Å²) in [5.41, 5.74) is 0. The number of nitrogens with zero attached hydrogens (tertiary/aromatic N) is 1. The van der Waals surface area contributed by atoms with Crippen LogP contribution in [0.1, 0.15) is 33.1 Å². The fourth-order valence-corrected chi connectivity index (χ4v) is 3.96. The van der Waals surface area contributed by atoms with E-state index in [1.165, 1.54) is 18.6 Å². The molecule has 0 spiro atoms. The second-order valence-corrected chi connectivity index (χ2v) is 7.75. The van der Waals surface area contributed by atoms with Crippen molar-refractivity contribution in [3.05, 3.63) is 30.3 Å². The van der Waals surface area contributed by atoms with Crippen LogP contribution in [0.25, 0.3) is 0 Å². The first-order chi connectivity index (χ1) is 10.4. The zero-order chi connectivity index (χ0) is 16.2. The fraction of sp³-hybridized carbons (Fsp3) is 0.562. The van der Waals surface area contributed by atoms with Crippen LogP contribution in [0.15, 0.2) is 35.2 Å². The molecule has 1 aliphatic rings. The largest absolute Gasteiger partial charge is 0.292 e. The summed E-state index contributed by atoms with van der Waals surface area (Å²) in [4.78, 5) is 14.8. The van der Waals surface area contributed by atoms with Crippen molar-refractivity contribution in [2.24, 2.45) is 5.92 Å². The van der Waals surface area contributed by atoms with Gasteiger partial charge in [-0.05, 0) is 44.0 Å². The van der Waals surface area contributed by atoms with Crippen LogP contribution in [0.4, 0.5) is 0 Å². The summed E-state index contributed by atoms with van der Waals surface area (Å²) < 4.78 is 26.8. The highest BCUT2D eigenvalue weighted by Gasteiger charge is 2.32. The van der Waals surface area contributed by atoms with Crippen molar-refractivity contribution in [3.63, 3.8) is 0 Å². The van der Waals surface area contributed by atoms with Crippen LogP contribution in [-0.4, -0.2) is 38.4 Å². The van der Waals surface area contributed by atoms with Crippen LogP contribution in [0.3, 0.4) is 0 Å². The van der Waals surface area contributed by atoms with E-state index < -0.39 is 22.0 Å². The van der Waals surface area contributed by atoms with Gasteiger partial charge < -0.3 is 0 Å². The van der Waals surface area contributed by atoms with Crippen LogP contribution >= 0.6 is 0 Å². The van der Waals surface area contributed by atoms with Gasteiger partial charge in [0, 0.05) is 0 Å². The number of benzene rings is 1. The zero-order valence-electron chi connectivity index (χ0n) is 13.2. The van der Waals surface area contributed by atoms with E-state index in [1.807, 2.05) is 13.8 Å². The van der Waals surface area contributed by atoms with Gasteiger partial charge in [0.2, 0.25) is 0 Å². The molecule has 2 rings (SSSR count). The van der Waals surface area contributed by atoms with Crippen molar-refractivity contribution in [2.75, 3.05) is 13.1 Å². The molecule has 1 aliphatic heterocycles. The van der Waals surface area contributed by atoms with Gasteiger partial charge in [0.25, 0.3) is 15.9 Å². The molecule has 1 aromatic rings. The average molecular weight is 324 g/mol. The van der Waals surface area contributed by atoms with Gasteiger partial charge in [0.15, 0.2) is 0 Å². The van der Waals surface area contributed by atoms with E-state index >= 15 is 0 Å². The number of likely N-dealkylation sites (tertiary alicyclic amines) is 1. The number of rotatable bonds is 5. The molecule has 0 aromatic heterocycles. The Hall–Kier alpha value is -1.40. The van der Waals surface area contributed by atoms with E-state index in [1.54, 1.807) is 18.2 Å². The van der Waals surface area contributed by atoms with E-state index in [9.17, 15) is 13.2 Å². The van der Waals surface area contributed by atoms with Crippen LogP contribution in [0, 0.1) is 5.92 Å². The lowest BCUT2D eigenvalue weighted by Gasteiger charge is -2.35. The molecule has 1 atom stereocenters. The molecule has 1 amide bonds. The fourth-order valence-electron chi connectivity index (χ4n) is 2.94. The average Bonchev–Trinajstić information content (AvgIpc) is 2.48. The number of nitrogens with one attached hydrogen (secondary N) is 1. The number of hydrogen-bond acceptors (Lipinski definition) is 4. The lowest BCUT2D eigenvalue weighted by molar-refractivity contribution is -0.126. The third-order valence-electron chi connectivity index (χ3n) is 3.97. The van der Waals surface area contributed by atoms with Gasteiger partial charge in [-0.2, -0.15) is 0 Å². The van der Waals surface area contributed by atoms with Crippen LogP contribution in [-0.2, 0) is 14.8 Å². The lowest BCUT2D eigenvalue weighted by atomic mass is 9.99. The van der Waals surface area contributed by atoms with Gasteiger partial charge in [-0.15, -0.1) is 0 Å². The molecule has 0 aliphatic carbocycles. The number of sulfonamides is 1. The number of amides is 1. The molecule has 0 radical (unpaired) electrons. The van der Waals surface area contributed by atoms with Crippen molar-refractivity contribution in [3.8, 4) is 0 Å². The number of piperidine rings is 1. The Morgan fingerprint density at radius 3 is 2.23 bits per heavy atom. The van der Waals surface area contributed by atoms with Crippen LogP contribution in [0.2, 0.25) is 0 Å². The smallest absolute Gasteiger partial charge is 0.264 e. The van der Waals surface area contributed by atoms with Gasteiger partial charge in [-0.1, -0.05) is 38.5 Å². The van der Waals surface area contributed by atoms with Crippen molar-refractivity contribution >= 4 is 15.9 Å². The molecule has 1 heterocycles. The monoisotopic (exact) mass is 324 g/mol. The molecule has 1 saturated heterocycles. The topological polar surface area (TPSA) is 66.5 Å². The summed E-state index contributed by atoms with van der Waals surface area (Å²) in [7, 11) is -3.80. The van der Waals surface area contributed by atoms with Crippen molar-refractivity contribution in [2.45, 2.75) is 44.0 Å². The number of hydrogen-bond donors (Lipinski definition) is 1. The second kappa shape index (κ2) is 7.24. The highest BCUT2D eigenvalue weighted by Crippen LogP contribution is 2.18. The molecule has 0 saturated carbocycles. The highest BCUT2D eigenvalue weighted by atomic mass is 32.2. The Labute approximate surface area is 132 Å². The Kier molecular flexibility index (Phi) is 5.58. The molecular weight excluding hydrogens is 300 g/mol. The van der Waals surface area contributed by atoms with Gasteiger partial charge in [-0.3, -0.25) is 9.69 Å². The molecule has 22 heavy (non-hydrogen) atoms. The third kappa shape index (κ3) is 4.08. The summed E-state index contributed by atoms with van der Waals surface area (Å²) in [6.45, 7) is 5.60. The van der Waals surface area contributed by atoms with E-state index in [4.69, 9.17) is 0 Å². The molecule has 1 fully saturated rings. The van der Waals surface area contributed by atoms with Crippen molar-refractivity contribution in [1.29, 1.82) is 0 Å². The first-order valence-corrected chi connectivity index (χ1v) is 9.26. The Bertz CT molecular complexity index is 593. The van der Waals surface area contributed by atoms with Gasteiger partial charge in [0.1, 0.15) is 0 Å². The maximum atomic E-state index is 12.5. The number of carbonyl (C=O) groups excluding carboxylic acids is 1. The predicted molar refractivity (Wildman–Crippen MR) is 85.8 cm³/mol. The first kappa shape index (κ1) is 17.0. The molecule has 5 nitrogen and oxygen atoms in total. The minimum atomic E-state index is -3.80. The minimum absolute atomic E-state index is 0.0593. The molecule has 1 aromatic carbocycles. The summed E-state index contributed by atoms with van der Waals surface area (Å²) in [5.74, 6) is -0.371. The third-order valence-corrected chi connectivity index (χ3v) is 5.34. The van der Waals surface area contributed by atoms with E-state index in [0.29, 0.717) is 0 Å². The second-order valence-electron chi connectivity index (χ2n) is 6.07. The summed E-state index contributed by atoms with van der Waals surface area (Å²) >= 11 is 0. The minimum Gasteiger partial charge on any atom is -0.292 e. The molecule has 6 heteroatoms. The Morgan fingerprint density at radius 2 is 1.68 bits per heavy atom. The van der Waals surface area contributed by atoms with Gasteiger partial charge >= 0.3 is 0 Å². The van der Waals surface area contributed by atoms with Crippen LogP contribution < -0.4 is 4.72 Å². The zero-order valence-corrected chi connectivity index (χ0v) is 14.0. The molecule has 122 valence electrons. The van der Waals surface area contributed by atoms with Crippen molar-refractivity contribution < 1.29 is 13.2 Å². The summed E-state index contributed by atoms with van der Waals surface area (Å²) in [6.07, 6.45) is 3.29. The van der Waals surface area contributed by atoms with Crippen LogP contribution in [0.5, 0.6) is 0 Å². The van der Waals surface area contributed by atoms with E-state index in [-0.39, 0.29) is 10.8 Å². The maximum absolute atomic E-state index is 12.5. The highest BCUT2D eigenvalue weighted by molar-refractivity contribution is 7.90. The Morgan fingerprint density at radius 1 is 1.09 bits per heavy atom. The lowest BCUT2D eigenvalue weighted by Crippen LogP contribution is -2.52. The number of carbonyl (C=O) groups is 1. The van der Waals surface area contributed by atoms with Crippen molar-refractivity contribution in [1.82, 2.24) is 9.62 Å². The first-order valence-electron chi connectivity index (χ1n) is 7.77. The van der Waals surface area contributed by atoms with Gasteiger partial charge in [0.05, 0.1) is 10.9 Å². The Balaban J connectivity index is 2.14. The maximum Gasteiger partial charge on any atom is 0.264 e. The quantitative estimate of drug-likeness (QED) is 0.899. The standard InChI is InChI=1S/C16H24N2O3S/c1-13(2)15(18-11-7-4-8-12-18)16(19)17-22(20,21)14-9-5-3-6-10-14/h3,5-6,9-10,13,15H,4,7-8,11-12H2,1-2H3,(H,17,19)/t15-/m0/s1. The van der Waals surface area contributed by atoms with E-state index in [0.717, 1.165) is 25.9 Å². The predicted octanol–water partition coefficient (Wildman–Crippen LogP) is 2.00. The molecule has 0 unspecified atom stereocenters. The molecule has 1 N–H and O–H groups in total. The summed E-state index contributed by atoms with van der Waals surface area (Å²) in [6, 6.07) is 7.60.